The van der Waals surface area contributed by atoms with E-state index in [0.717, 1.165) is 34.0 Å². The number of nitrogens with zero attached hydrogens (tertiary/aromatic N) is 1. The lowest BCUT2D eigenvalue weighted by atomic mass is 10.0. The van der Waals surface area contributed by atoms with Crippen LogP contribution in [0.25, 0.3) is 6.08 Å². The Labute approximate surface area is 181 Å². The highest BCUT2D eigenvalue weighted by Gasteiger charge is 2.35. The zero-order valence-electron chi connectivity index (χ0n) is 17.4. The molecule has 0 aromatic heterocycles. The van der Waals surface area contributed by atoms with Crippen LogP contribution in [0.4, 0.5) is 4.79 Å². The number of carbonyl (C=O) groups is 2. The first kappa shape index (κ1) is 21.7. The maximum Gasteiger partial charge on any atom is 0.293 e. The number of imide groups is 1. The summed E-state index contributed by atoms with van der Waals surface area (Å²) in [5, 5.41) is -0.267. The second-order valence-corrected chi connectivity index (χ2v) is 7.88. The van der Waals surface area contributed by atoms with Gasteiger partial charge >= 0.3 is 0 Å². The van der Waals surface area contributed by atoms with E-state index in [1.165, 1.54) is 4.90 Å². The minimum absolute atomic E-state index is 0.261. The van der Waals surface area contributed by atoms with Gasteiger partial charge in [0.25, 0.3) is 11.1 Å². The number of carbonyl (C=O) groups excluding carboxylic acids is 2. The number of rotatable bonds is 8. The lowest BCUT2D eigenvalue weighted by molar-refractivity contribution is -0.123. The third kappa shape index (κ3) is 4.76. The lowest BCUT2D eigenvalue weighted by Gasteiger charge is -2.14. The van der Waals surface area contributed by atoms with Crippen molar-refractivity contribution < 1.29 is 19.1 Å². The second kappa shape index (κ2) is 9.67. The van der Waals surface area contributed by atoms with Crippen LogP contribution in [0.3, 0.4) is 0 Å². The molecule has 0 saturated carbocycles. The molecule has 1 aliphatic heterocycles. The third-order valence-corrected chi connectivity index (χ3v) is 5.56. The Balaban J connectivity index is 1.90. The predicted octanol–water partition coefficient (Wildman–Crippen LogP) is 5.37. The highest BCUT2D eigenvalue weighted by molar-refractivity contribution is 8.18. The van der Waals surface area contributed by atoms with Crippen LogP contribution in [-0.2, 0) is 17.8 Å². The van der Waals surface area contributed by atoms with Gasteiger partial charge in [0.15, 0.2) is 11.5 Å². The quantitative estimate of drug-likeness (QED) is 0.422. The van der Waals surface area contributed by atoms with Crippen LogP contribution in [0.5, 0.6) is 11.5 Å². The average molecular weight is 424 g/mol. The van der Waals surface area contributed by atoms with Crippen LogP contribution in [0.2, 0.25) is 0 Å². The van der Waals surface area contributed by atoms with Crippen LogP contribution < -0.4 is 9.47 Å². The zero-order valence-corrected chi connectivity index (χ0v) is 18.3. The van der Waals surface area contributed by atoms with E-state index in [0.29, 0.717) is 29.4 Å². The molecule has 3 rings (SSSR count). The molecule has 0 spiro atoms. The summed E-state index contributed by atoms with van der Waals surface area (Å²) < 4.78 is 11.2. The van der Waals surface area contributed by atoms with Crippen LogP contribution in [0.15, 0.2) is 54.0 Å². The van der Waals surface area contributed by atoms with Crippen molar-refractivity contribution in [1.82, 2.24) is 4.90 Å². The molecule has 2 amide bonds. The summed E-state index contributed by atoms with van der Waals surface area (Å²) in [5.41, 5.74) is 3.73. The Morgan fingerprint density at radius 3 is 2.53 bits per heavy atom. The minimum Gasteiger partial charge on any atom is -0.493 e. The Morgan fingerprint density at radius 1 is 1.17 bits per heavy atom. The molecule has 6 heteroatoms. The maximum absolute atomic E-state index is 12.9. The van der Waals surface area contributed by atoms with Crippen LogP contribution in [-0.4, -0.2) is 29.8 Å². The summed E-state index contributed by atoms with van der Waals surface area (Å²) in [6, 6.07) is 11.6. The molecule has 2 aromatic rings. The molecule has 2 aromatic carbocycles. The van der Waals surface area contributed by atoms with Crippen molar-refractivity contribution in [2.45, 2.75) is 26.8 Å². The lowest BCUT2D eigenvalue weighted by Crippen LogP contribution is -2.27. The summed E-state index contributed by atoms with van der Waals surface area (Å²) in [6.45, 7) is 8.44. The maximum atomic E-state index is 12.9. The molecule has 30 heavy (non-hydrogen) atoms. The Kier molecular flexibility index (Phi) is 7.00. The van der Waals surface area contributed by atoms with Gasteiger partial charge in [-0.2, -0.15) is 0 Å². The monoisotopic (exact) mass is 423 g/mol. The van der Waals surface area contributed by atoms with Crippen molar-refractivity contribution >= 4 is 29.0 Å². The molecule has 0 unspecified atom stereocenters. The molecule has 0 atom stereocenters. The van der Waals surface area contributed by atoms with E-state index in [4.69, 9.17) is 9.47 Å². The summed E-state index contributed by atoms with van der Waals surface area (Å²) in [5.74, 6) is 0.968. The molecule has 0 N–H and O–H groups in total. The summed E-state index contributed by atoms with van der Waals surface area (Å²) in [6.07, 6.45) is 4.11. The van der Waals surface area contributed by atoms with Gasteiger partial charge in [-0.3, -0.25) is 14.5 Å². The van der Waals surface area contributed by atoms with Gasteiger partial charge in [-0.1, -0.05) is 35.9 Å². The molecule has 0 radical (unpaired) electrons. The van der Waals surface area contributed by atoms with E-state index in [9.17, 15) is 9.59 Å². The van der Waals surface area contributed by atoms with Gasteiger partial charge in [0.2, 0.25) is 0 Å². The van der Waals surface area contributed by atoms with Gasteiger partial charge in [0, 0.05) is 5.56 Å². The van der Waals surface area contributed by atoms with E-state index in [1.807, 2.05) is 50.2 Å². The fourth-order valence-corrected chi connectivity index (χ4v) is 4.07. The molecule has 0 aliphatic carbocycles. The average Bonchev–Trinajstić information content (AvgIpc) is 2.97. The van der Waals surface area contributed by atoms with Crippen molar-refractivity contribution in [2.75, 3.05) is 13.7 Å². The largest absolute Gasteiger partial charge is 0.493 e. The molecule has 156 valence electrons. The number of thioether (sulfide) groups is 1. The Bertz CT molecular complexity index is 995. The first-order valence-electron chi connectivity index (χ1n) is 9.72. The summed E-state index contributed by atoms with van der Waals surface area (Å²) in [4.78, 5) is 27.0. The molecule has 5 nitrogen and oxygen atoms in total. The molecule has 1 fully saturated rings. The SMILES string of the molecule is C=CCc1cc(/C=C2\SC(=O)N(Cc3ccc(C)cc3)C2=O)cc(OCC)c1OC. The first-order valence-corrected chi connectivity index (χ1v) is 10.5. The number of ether oxygens (including phenoxy) is 2. The van der Waals surface area contributed by atoms with E-state index < -0.39 is 0 Å². The van der Waals surface area contributed by atoms with Gasteiger partial charge in [-0.15, -0.1) is 6.58 Å². The number of methoxy groups -OCH3 is 1. The van der Waals surface area contributed by atoms with Crippen LogP contribution >= 0.6 is 11.8 Å². The second-order valence-electron chi connectivity index (χ2n) is 6.89. The van der Waals surface area contributed by atoms with E-state index in [2.05, 4.69) is 6.58 Å². The minimum atomic E-state index is -0.287. The van der Waals surface area contributed by atoms with Crippen LogP contribution in [0, 0.1) is 6.92 Å². The number of allylic oxidation sites excluding steroid dienone is 1. The third-order valence-electron chi connectivity index (χ3n) is 4.65. The summed E-state index contributed by atoms with van der Waals surface area (Å²) in [7, 11) is 1.60. The summed E-state index contributed by atoms with van der Waals surface area (Å²) >= 11 is 0.954. The van der Waals surface area contributed by atoms with Gasteiger partial charge in [0.1, 0.15) is 0 Å². The predicted molar refractivity (Wildman–Crippen MR) is 121 cm³/mol. The van der Waals surface area contributed by atoms with Crippen molar-refractivity contribution in [3.8, 4) is 11.5 Å². The van der Waals surface area contributed by atoms with Gasteiger partial charge in [0.05, 0.1) is 25.2 Å². The smallest absolute Gasteiger partial charge is 0.293 e. The van der Waals surface area contributed by atoms with Gasteiger partial charge in [-0.05, 0) is 61.4 Å². The van der Waals surface area contributed by atoms with Gasteiger partial charge in [-0.25, -0.2) is 0 Å². The van der Waals surface area contributed by atoms with Gasteiger partial charge < -0.3 is 9.47 Å². The molecular weight excluding hydrogens is 398 g/mol. The molecule has 0 bridgehead atoms. The highest BCUT2D eigenvalue weighted by atomic mass is 32.2. The first-order chi connectivity index (χ1) is 14.5. The van der Waals surface area contributed by atoms with Crippen LogP contribution in [0.1, 0.15) is 29.2 Å². The number of aryl methyl sites for hydroxylation is 1. The molecule has 1 heterocycles. The standard InChI is InChI=1S/C24H25NO4S/c1-5-7-19-12-18(13-20(29-6-2)22(19)28-4)14-21-23(26)25(24(27)30-21)15-17-10-8-16(3)9-11-17/h5,8-14H,1,6-7,15H2,2-4H3/b21-14-. The molecular formula is C24H25NO4S. The normalized spacial score (nSPS) is 15.0. The molecule has 1 saturated heterocycles. The fourth-order valence-electron chi connectivity index (χ4n) is 3.23. The van der Waals surface area contributed by atoms with Crippen molar-refractivity contribution in [3.63, 3.8) is 0 Å². The fraction of sp³-hybridized carbons (Fsp3) is 0.250. The van der Waals surface area contributed by atoms with Crippen molar-refractivity contribution in [3.05, 3.63) is 76.2 Å². The number of hydrogen-bond donors (Lipinski definition) is 0. The Morgan fingerprint density at radius 2 is 1.90 bits per heavy atom. The van der Waals surface area contributed by atoms with E-state index >= 15 is 0 Å². The topological polar surface area (TPSA) is 55.8 Å². The van der Waals surface area contributed by atoms with E-state index in [1.54, 1.807) is 19.3 Å². The highest BCUT2D eigenvalue weighted by Crippen LogP contribution is 2.37. The number of amides is 2. The molecule has 1 aliphatic rings. The number of hydrogen-bond acceptors (Lipinski definition) is 5. The number of benzene rings is 2. The zero-order chi connectivity index (χ0) is 21.7. The van der Waals surface area contributed by atoms with Crippen molar-refractivity contribution in [1.29, 1.82) is 0 Å². The van der Waals surface area contributed by atoms with Crippen molar-refractivity contribution in [2.24, 2.45) is 0 Å². The Hall–Kier alpha value is -2.99. The van der Waals surface area contributed by atoms with E-state index in [-0.39, 0.29) is 17.7 Å².